The van der Waals surface area contributed by atoms with Gasteiger partial charge in [-0.2, -0.15) is 0 Å². The van der Waals surface area contributed by atoms with E-state index in [-0.39, 0.29) is 0 Å². The summed E-state index contributed by atoms with van der Waals surface area (Å²) in [4.78, 5) is 21.2. The summed E-state index contributed by atoms with van der Waals surface area (Å²) in [5.41, 5.74) is 0. The Kier molecular flexibility index (Phi) is 5.91. The van der Waals surface area contributed by atoms with Gasteiger partial charge < -0.3 is 10.2 Å². The molecular formula is C14H18O4. The summed E-state index contributed by atoms with van der Waals surface area (Å²) >= 11 is 0. The van der Waals surface area contributed by atoms with Crippen LogP contribution in [0.1, 0.15) is 25.7 Å². The van der Waals surface area contributed by atoms with Crippen LogP contribution in [-0.2, 0) is 9.59 Å². The van der Waals surface area contributed by atoms with Gasteiger partial charge in [0.25, 0.3) is 0 Å². The zero-order valence-electron chi connectivity index (χ0n) is 10.2. The number of hydrogen-bond donors (Lipinski definition) is 2. The second kappa shape index (κ2) is 7.48. The molecule has 2 atom stereocenters. The summed E-state index contributed by atoms with van der Waals surface area (Å²) in [5.74, 6) is -3.28. The number of carbonyl (C=O) groups is 2. The first-order chi connectivity index (χ1) is 8.63. The van der Waals surface area contributed by atoms with Crippen LogP contribution in [-0.4, -0.2) is 22.2 Å². The molecule has 1 aliphatic rings. The maximum atomic E-state index is 10.6. The Hall–Kier alpha value is -1.84. The van der Waals surface area contributed by atoms with Gasteiger partial charge in [-0.15, -0.1) is 0 Å². The minimum absolute atomic E-state index is 0.506. The first-order valence-corrected chi connectivity index (χ1v) is 6.08. The number of benzene rings is 1. The smallest absolute Gasteiger partial charge is 0.307 e. The summed E-state index contributed by atoms with van der Waals surface area (Å²) in [6, 6.07) is 12.0. The maximum Gasteiger partial charge on any atom is 0.307 e. The number of carboxylic acid groups (broad SMARTS) is 2. The average molecular weight is 250 g/mol. The Morgan fingerprint density at radius 2 is 1.00 bits per heavy atom. The Balaban J connectivity index is 0.000000225. The molecule has 1 fully saturated rings. The number of rotatable bonds is 2. The van der Waals surface area contributed by atoms with Gasteiger partial charge in [0.1, 0.15) is 0 Å². The number of carboxylic acids is 2. The van der Waals surface area contributed by atoms with Crippen molar-refractivity contribution >= 4 is 11.9 Å². The monoisotopic (exact) mass is 250 g/mol. The third kappa shape index (κ3) is 4.57. The van der Waals surface area contributed by atoms with E-state index in [0.29, 0.717) is 12.8 Å². The molecule has 1 aromatic rings. The fourth-order valence-electron chi connectivity index (χ4n) is 2.11. The highest BCUT2D eigenvalue weighted by Crippen LogP contribution is 2.30. The van der Waals surface area contributed by atoms with E-state index in [1.807, 2.05) is 36.4 Å². The Labute approximate surface area is 106 Å². The van der Waals surface area contributed by atoms with Gasteiger partial charge in [-0.3, -0.25) is 9.59 Å². The Morgan fingerprint density at radius 1 is 0.722 bits per heavy atom. The molecule has 2 unspecified atom stereocenters. The molecule has 1 aromatic carbocycles. The highest BCUT2D eigenvalue weighted by atomic mass is 16.4. The zero-order valence-corrected chi connectivity index (χ0v) is 10.2. The molecule has 4 nitrogen and oxygen atoms in total. The van der Waals surface area contributed by atoms with E-state index in [9.17, 15) is 9.59 Å². The molecule has 0 radical (unpaired) electrons. The van der Waals surface area contributed by atoms with E-state index in [4.69, 9.17) is 10.2 Å². The van der Waals surface area contributed by atoms with Crippen molar-refractivity contribution in [1.82, 2.24) is 0 Å². The van der Waals surface area contributed by atoms with E-state index in [1.54, 1.807) is 0 Å². The van der Waals surface area contributed by atoms with E-state index >= 15 is 0 Å². The van der Waals surface area contributed by atoms with Gasteiger partial charge >= 0.3 is 11.9 Å². The number of aliphatic carboxylic acids is 2. The molecule has 0 spiro atoms. The van der Waals surface area contributed by atoms with Crippen molar-refractivity contribution in [2.45, 2.75) is 25.7 Å². The molecule has 0 amide bonds. The van der Waals surface area contributed by atoms with Crippen molar-refractivity contribution < 1.29 is 19.8 Å². The maximum absolute atomic E-state index is 10.6. The molecule has 2 rings (SSSR count). The van der Waals surface area contributed by atoms with Crippen LogP contribution in [0.2, 0.25) is 0 Å². The summed E-state index contributed by atoms with van der Waals surface area (Å²) in [6.07, 6.45) is 2.68. The summed E-state index contributed by atoms with van der Waals surface area (Å²) < 4.78 is 0. The van der Waals surface area contributed by atoms with Crippen LogP contribution >= 0.6 is 0 Å². The van der Waals surface area contributed by atoms with Gasteiger partial charge in [0.2, 0.25) is 0 Å². The predicted octanol–water partition coefficient (Wildman–Crippen LogP) is 2.65. The lowest BCUT2D eigenvalue weighted by atomic mass is 9.79. The fourth-order valence-corrected chi connectivity index (χ4v) is 2.11. The highest BCUT2D eigenvalue weighted by Gasteiger charge is 2.35. The second-order valence-corrected chi connectivity index (χ2v) is 4.33. The third-order valence-electron chi connectivity index (χ3n) is 3.07. The van der Waals surface area contributed by atoms with Crippen LogP contribution in [0.5, 0.6) is 0 Å². The summed E-state index contributed by atoms with van der Waals surface area (Å²) in [5, 5.41) is 17.4. The topological polar surface area (TPSA) is 74.6 Å². The minimum atomic E-state index is -0.970. The second-order valence-electron chi connectivity index (χ2n) is 4.33. The van der Waals surface area contributed by atoms with Crippen molar-refractivity contribution in [3.8, 4) is 0 Å². The van der Waals surface area contributed by atoms with Crippen LogP contribution in [0.15, 0.2) is 36.4 Å². The quantitative estimate of drug-likeness (QED) is 0.846. The lowest BCUT2D eigenvalue weighted by Crippen LogP contribution is -2.32. The van der Waals surface area contributed by atoms with Crippen molar-refractivity contribution in [3.63, 3.8) is 0 Å². The fraction of sp³-hybridized carbons (Fsp3) is 0.429. The Morgan fingerprint density at radius 3 is 1.22 bits per heavy atom. The van der Waals surface area contributed by atoms with Crippen molar-refractivity contribution in [2.75, 3.05) is 0 Å². The van der Waals surface area contributed by atoms with Crippen LogP contribution in [0.25, 0.3) is 0 Å². The average Bonchev–Trinajstić information content (AvgIpc) is 2.41. The van der Waals surface area contributed by atoms with Crippen molar-refractivity contribution in [2.24, 2.45) is 11.8 Å². The van der Waals surface area contributed by atoms with Crippen LogP contribution in [0, 0.1) is 11.8 Å². The van der Waals surface area contributed by atoms with Gasteiger partial charge in [-0.1, -0.05) is 49.2 Å². The molecule has 1 aliphatic carbocycles. The molecule has 2 N–H and O–H groups in total. The van der Waals surface area contributed by atoms with Crippen molar-refractivity contribution in [3.05, 3.63) is 36.4 Å². The normalized spacial score (nSPS) is 22.4. The lowest BCUT2D eigenvalue weighted by Gasteiger charge is -2.24. The first kappa shape index (κ1) is 14.2. The molecular weight excluding hydrogens is 232 g/mol. The molecule has 0 saturated heterocycles. The third-order valence-corrected chi connectivity index (χ3v) is 3.07. The SMILES string of the molecule is O=C(O)C1CCCCC1C(=O)O.c1ccccc1. The van der Waals surface area contributed by atoms with Gasteiger partial charge in [0.15, 0.2) is 0 Å². The van der Waals surface area contributed by atoms with Gasteiger partial charge in [0.05, 0.1) is 11.8 Å². The molecule has 0 aromatic heterocycles. The zero-order chi connectivity index (χ0) is 13.4. The summed E-state index contributed by atoms with van der Waals surface area (Å²) in [6.45, 7) is 0. The molecule has 0 heterocycles. The molecule has 0 bridgehead atoms. The van der Waals surface area contributed by atoms with E-state index in [0.717, 1.165) is 12.8 Å². The lowest BCUT2D eigenvalue weighted by molar-refractivity contribution is -0.155. The van der Waals surface area contributed by atoms with E-state index in [1.165, 1.54) is 0 Å². The molecule has 98 valence electrons. The van der Waals surface area contributed by atoms with Gasteiger partial charge in [0, 0.05) is 0 Å². The predicted molar refractivity (Wildman–Crippen MR) is 67.2 cm³/mol. The van der Waals surface area contributed by atoms with Crippen LogP contribution < -0.4 is 0 Å². The minimum Gasteiger partial charge on any atom is -0.481 e. The van der Waals surface area contributed by atoms with Gasteiger partial charge in [-0.25, -0.2) is 0 Å². The van der Waals surface area contributed by atoms with Gasteiger partial charge in [-0.05, 0) is 12.8 Å². The van der Waals surface area contributed by atoms with E-state index < -0.39 is 23.8 Å². The van der Waals surface area contributed by atoms with Crippen LogP contribution in [0.4, 0.5) is 0 Å². The highest BCUT2D eigenvalue weighted by molar-refractivity contribution is 5.80. The molecule has 18 heavy (non-hydrogen) atoms. The van der Waals surface area contributed by atoms with Crippen molar-refractivity contribution in [1.29, 1.82) is 0 Å². The standard InChI is InChI=1S/C8H12O4.C6H6/c9-7(10)5-3-1-2-4-6(5)8(11)12;1-2-4-6-5-3-1/h5-6H,1-4H2,(H,9,10)(H,11,12);1-6H. The van der Waals surface area contributed by atoms with E-state index in [2.05, 4.69) is 0 Å². The number of hydrogen-bond acceptors (Lipinski definition) is 2. The van der Waals surface area contributed by atoms with Crippen LogP contribution in [0.3, 0.4) is 0 Å². The first-order valence-electron chi connectivity index (χ1n) is 6.08. The Bertz CT molecular complexity index is 326. The largest absolute Gasteiger partial charge is 0.481 e. The summed E-state index contributed by atoms with van der Waals surface area (Å²) in [7, 11) is 0. The molecule has 0 aliphatic heterocycles. The molecule has 1 saturated carbocycles. The molecule has 4 heteroatoms.